The van der Waals surface area contributed by atoms with Gasteiger partial charge in [0.25, 0.3) is 0 Å². The molecule has 0 N–H and O–H groups in total. The summed E-state index contributed by atoms with van der Waals surface area (Å²) < 4.78 is 16.1. The van der Waals surface area contributed by atoms with E-state index in [1.807, 2.05) is 9.80 Å². The first-order chi connectivity index (χ1) is 13.2. The molecule has 0 saturated carbocycles. The summed E-state index contributed by atoms with van der Waals surface area (Å²) in [5.41, 5.74) is 0. The second kappa shape index (κ2) is 7.75. The van der Waals surface area contributed by atoms with E-state index in [2.05, 4.69) is 14.9 Å². The third-order valence-electron chi connectivity index (χ3n) is 5.60. The molecule has 0 radical (unpaired) electrons. The van der Waals surface area contributed by atoms with Crippen LogP contribution in [0.1, 0.15) is 19.3 Å². The number of carbonyl (C=O) groups is 1. The van der Waals surface area contributed by atoms with E-state index in [1.165, 1.54) is 19.3 Å². The highest BCUT2D eigenvalue weighted by Gasteiger charge is 2.48. The van der Waals surface area contributed by atoms with Crippen LogP contribution in [0, 0.1) is 0 Å². The normalized spacial score (nSPS) is 25.5. The van der Waals surface area contributed by atoms with Crippen LogP contribution < -0.4 is 14.4 Å². The fourth-order valence-electron chi connectivity index (χ4n) is 4.10. The highest BCUT2D eigenvalue weighted by molar-refractivity contribution is 5.71. The van der Waals surface area contributed by atoms with E-state index < -0.39 is 0 Å². The summed E-state index contributed by atoms with van der Waals surface area (Å²) in [6.45, 7) is 5.08. The average molecular weight is 377 g/mol. The van der Waals surface area contributed by atoms with Crippen molar-refractivity contribution in [3.05, 3.63) is 6.07 Å². The molecule has 1 aromatic heterocycles. The van der Waals surface area contributed by atoms with Gasteiger partial charge in [-0.1, -0.05) is 6.42 Å². The number of piperidine rings is 1. The van der Waals surface area contributed by atoms with E-state index in [9.17, 15) is 4.79 Å². The zero-order valence-corrected chi connectivity index (χ0v) is 16.0. The van der Waals surface area contributed by atoms with E-state index in [1.54, 1.807) is 20.3 Å². The maximum absolute atomic E-state index is 12.3. The van der Waals surface area contributed by atoms with Gasteiger partial charge < -0.3 is 24.0 Å². The highest BCUT2D eigenvalue weighted by atomic mass is 16.6. The van der Waals surface area contributed by atoms with Gasteiger partial charge in [0.05, 0.1) is 32.9 Å². The van der Waals surface area contributed by atoms with Crippen LogP contribution in [0.15, 0.2) is 6.07 Å². The minimum absolute atomic E-state index is 0.0306. The van der Waals surface area contributed by atoms with E-state index in [-0.39, 0.29) is 18.2 Å². The zero-order chi connectivity index (χ0) is 18.8. The Morgan fingerprint density at radius 1 is 1.07 bits per heavy atom. The molecular weight excluding hydrogens is 350 g/mol. The Morgan fingerprint density at radius 2 is 1.78 bits per heavy atom. The largest absolute Gasteiger partial charge is 0.481 e. The molecule has 4 heterocycles. The molecule has 27 heavy (non-hydrogen) atoms. The topological polar surface area (TPSA) is 80.3 Å². The van der Waals surface area contributed by atoms with Gasteiger partial charge in [0.15, 0.2) is 0 Å². The van der Waals surface area contributed by atoms with Crippen molar-refractivity contribution in [1.29, 1.82) is 0 Å². The lowest BCUT2D eigenvalue weighted by molar-refractivity contribution is 0.132. The van der Waals surface area contributed by atoms with E-state index in [0.717, 1.165) is 19.6 Å². The first-order valence-corrected chi connectivity index (χ1v) is 9.59. The molecule has 0 unspecified atom stereocenters. The predicted molar refractivity (Wildman–Crippen MR) is 98.4 cm³/mol. The fourth-order valence-corrected chi connectivity index (χ4v) is 4.10. The van der Waals surface area contributed by atoms with Crippen LogP contribution in [-0.4, -0.2) is 91.5 Å². The first kappa shape index (κ1) is 18.1. The van der Waals surface area contributed by atoms with Crippen molar-refractivity contribution in [1.82, 2.24) is 19.8 Å². The van der Waals surface area contributed by atoms with Crippen molar-refractivity contribution in [2.24, 2.45) is 0 Å². The number of hydrogen-bond acceptors (Lipinski definition) is 8. The van der Waals surface area contributed by atoms with Crippen LogP contribution in [0.25, 0.3) is 0 Å². The Bertz CT molecular complexity index is 659. The molecule has 3 saturated heterocycles. The Morgan fingerprint density at radius 3 is 2.44 bits per heavy atom. The van der Waals surface area contributed by atoms with E-state index in [0.29, 0.717) is 37.3 Å². The summed E-state index contributed by atoms with van der Waals surface area (Å²) in [6.07, 6.45) is 3.45. The minimum atomic E-state index is -0.203. The molecule has 0 spiro atoms. The number of aromatic nitrogens is 2. The first-order valence-electron chi connectivity index (χ1n) is 9.59. The summed E-state index contributed by atoms with van der Waals surface area (Å²) in [5.74, 6) is 1.44. The summed E-state index contributed by atoms with van der Waals surface area (Å²) >= 11 is 0. The smallest absolute Gasteiger partial charge is 0.410 e. The van der Waals surface area contributed by atoms with Crippen LogP contribution in [-0.2, 0) is 4.74 Å². The van der Waals surface area contributed by atoms with Crippen LogP contribution in [0.4, 0.5) is 10.7 Å². The minimum Gasteiger partial charge on any atom is -0.481 e. The molecule has 9 heteroatoms. The zero-order valence-electron chi connectivity index (χ0n) is 16.0. The number of amides is 1. The van der Waals surface area contributed by atoms with Crippen molar-refractivity contribution in [3.63, 3.8) is 0 Å². The van der Waals surface area contributed by atoms with Crippen molar-refractivity contribution < 1.29 is 19.0 Å². The van der Waals surface area contributed by atoms with Crippen LogP contribution in [0.5, 0.6) is 11.8 Å². The van der Waals surface area contributed by atoms with Gasteiger partial charge in [0.1, 0.15) is 6.10 Å². The standard InChI is InChI=1S/C18H27N5O4/c1-25-15-10-16(26-2)20-17(19-15)22-11-13-14(12-22)27-18(24)23(13)9-8-21-6-4-3-5-7-21/h10,13-14H,3-9,11-12H2,1-2H3/t13-,14+/m1/s1. The molecule has 148 valence electrons. The van der Waals surface area contributed by atoms with Gasteiger partial charge in [-0.25, -0.2) is 4.79 Å². The summed E-state index contributed by atoms with van der Waals surface area (Å²) in [6, 6.07) is 1.67. The Labute approximate surface area is 159 Å². The van der Waals surface area contributed by atoms with Gasteiger partial charge in [-0.15, -0.1) is 0 Å². The fraction of sp³-hybridized carbons (Fsp3) is 0.722. The number of carbonyl (C=O) groups excluding carboxylic acids is 1. The average Bonchev–Trinajstić information content (AvgIpc) is 3.24. The maximum atomic E-state index is 12.3. The lowest BCUT2D eigenvalue weighted by Gasteiger charge is -2.29. The molecule has 3 aliphatic rings. The Balaban J connectivity index is 1.42. The monoisotopic (exact) mass is 377 g/mol. The lowest BCUT2D eigenvalue weighted by atomic mass is 10.1. The van der Waals surface area contributed by atoms with Crippen molar-refractivity contribution in [2.45, 2.75) is 31.4 Å². The SMILES string of the molecule is COc1cc(OC)nc(N2C[C@@H]3OC(=O)N(CCN4CCCCC4)[C@@H]3C2)n1. The van der Waals surface area contributed by atoms with Crippen LogP contribution in [0.3, 0.4) is 0 Å². The Kier molecular flexibility index (Phi) is 5.20. The molecule has 0 bridgehead atoms. The quantitative estimate of drug-likeness (QED) is 0.726. The summed E-state index contributed by atoms with van der Waals surface area (Å²) in [4.78, 5) is 27.5. The third kappa shape index (κ3) is 3.73. The van der Waals surface area contributed by atoms with Gasteiger partial charge in [-0.3, -0.25) is 4.90 Å². The molecule has 3 fully saturated rings. The molecule has 0 aliphatic carbocycles. The second-order valence-corrected chi connectivity index (χ2v) is 7.24. The molecule has 4 rings (SSSR count). The Hall–Kier alpha value is -2.29. The second-order valence-electron chi connectivity index (χ2n) is 7.24. The number of fused-ring (bicyclic) bond motifs is 1. The molecular formula is C18H27N5O4. The van der Waals surface area contributed by atoms with Gasteiger partial charge in [0.2, 0.25) is 17.7 Å². The molecule has 1 amide bonds. The van der Waals surface area contributed by atoms with Crippen LogP contribution in [0.2, 0.25) is 0 Å². The van der Waals surface area contributed by atoms with E-state index in [4.69, 9.17) is 14.2 Å². The number of anilines is 1. The van der Waals surface area contributed by atoms with Crippen LogP contribution >= 0.6 is 0 Å². The molecule has 1 aromatic rings. The summed E-state index contributed by atoms with van der Waals surface area (Å²) in [5, 5.41) is 0. The number of ether oxygens (including phenoxy) is 3. The third-order valence-corrected chi connectivity index (χ3v) is 5.60. The van der Waals surface area contributed by atoms with Crippen molar-refractivity contribution in [2.75, 3.05) is 58.4 Å². The lowest BCUT2D eigenvalue weighted by Crippen LogP contribution is -2.43. The van der Waals surface area contributed by atoms with Gasteiger partial charge in [-0.05, 0) is 25.9 Å². The molecule has 9 nitrogen and oxygen atoms in total. The molecule has 2 atom stereocenters. The van der Waals surface area contributed by atoms with Crippen molar-refractivity contribution >= 4 is 12.0 Å². The number of methoxy groups -OCH3 is 2. The number of hydrogen-bond donors (Lipinski definition) is 0. The van der Waals surface area contributed by atoms with Crippen molar-refractivity contribution in [3.8, 4) is 11.8 Å². The molecule has 0 aromatic carbocycles. The maximum Gasteiger partial charge on any atom is 0.410 e. The van der Waals surface area contributed by atoms with Gasteiger partial charge in [0, 0.05) is 19.6 Å². The number of likely N-dealkylation sites (tertiary alicyclic amines) is 1. The predicted octanol–water partition coefficient (Wildman–Crippen LogP) is 0.989. The summed E-state index contributed by atoms with van der Waals surface area (Å²) in [7, 11) is 3.13. The highest BCUT2D eigenvalue weighted by Crippen LogP contribution is 2.30. The number of nitrogens with zero attached hydrogens (tertiary/aromatic N) is 5. The number of rotatable bonds is 6. The molecule has 3 aliphatic heterocycles. The van der Waals surface area contributed by atoms with E-state index >= 15 is 0 Å². The van der Waals surface area contributed by atoms with Gasteiger partial charge in [-0.2, -0.15) is 9.97 Å². The van der Waals surface area contributed by atoms with Gasteiger partial charge >= 0.3 is 6.09 Å².